The highest BCUT2D eigenvalue weighted by molar-refractivity contribution is 5.98. The molecule has 7 heteroatoms. The lowest BCUT2D eigenvalue weighted by Gasteiger charge is -2.37. The van der Waals surface area contributed by atoms with Crippen LogP contribution < -0.4 is 10.6 Å². The van der Waals surface area contributed by atoms with Crippen LogP contribution in [0, 0.1) is 13.8 Å². The van der Waals surface area contributed by atoms with E-state index >= 15 is 0 Å². The van der Waals surface area contributed by atoms with E-state index < -0.39 is 29.7 Å². The molecule has 1 heterocycles. The zero-order valence-electron chi connectivity index (χ0n) is 20.2. The molecule has 0 aliphatic carbocycles. The fourth-order valence-electron chi connectivity index (χ4n) is 3.84. The van der Waals surface area contributed by atoms with Crippen molar-refractivity contribution in [2.75, 3.05) is 5.32 Å². The number of amides is 3. The van der Waals surface area contributed by atoms with Gasteiger partial charge < -0.3 is 15.4 Å². The number of nitrogens with one attached hydrogen (secondary N) is 2. The van der Waals surface area contributed by atoms with Crippen LogP contribution in [0.15, 0.2) is 42.5 Å². The Labute approximate surface area is 195 Å². The maximum atomic E-state index is 13.2. The molecule has 3 amide bonds. The molecule has 2 atom stereocenters. The summed E-state index contributed by atoms with van der Waals surface area (Å²) in [6, 6.07) is 11.9. The van der Waals surface area contributed by atoms with Gasteiger partial charge in [0.2, 0.25) is 11.8 Å². The van der Waals surface area contributed by atoms with Crippen LogP contribution in [-0.4, -0.2) is 40.5 Å². The van der Waals surface area contributed by atoms with Crippen molar-refractivity contribution in [3.8, 4) is 0 Å². The van der Waals surface area contributed by atoms with E-state index in [1.165, 1.54) is 4.90 Å². The lowest BCUT2D eigenvalue weighted by molar-refractivity contribution is -0.130. The van der Waals surface area contributed by atoms with E-state index in [0.29, 0.717) is 12.1 Å². The van der Waals surface area contributed by atoms with Crippen molar-refractivity contribution >= 4 is 23.6 Å². The zero-order valence-corrected chi connectivity index (χ0v) is 20.2. The summed E-state index contributed by atoms with van der Waals surface area (Å²) in [5.41, 5.74) is 4.05. The monoisotopic (exact) mass is 451 g/mol. The summed E-state index contributed by atoms with van der Waals surface area (Å²) in [5, 5.41) is 5.65. The molecule has 1 aliphatic rings. The molecule has 2 aromatic carbocycles. The van der Waals surface area contributed by atoms with Gasteiger partial charge in [0.25, 0.3) is 0 Å². The fourth-order valence-corrected chi connectivity index (χ4v) is 3.84. The highest BCUT2D eigenvalue weighted by atomic mass is 16.6. The molecular formula is C26H33N3O4. The molecule has 2 aromatic rings. The number of hydrogen-bond donors (Lipinski definition) is 2. The van der Waals surface area contributed by atoms with Crippen LogP contribution >= 0.6 is 0 Å². The van der Waals surface area contributed by atoms with Crippen molar-refractivity contribution in [2.45, 2.75) is 72.2 Å². The number of rotatable bonds is 4. The standard InChI is InChI=1S/C26H33N3O4/c1-16-11-12-21(17(2)13-16)28-23(30)18(3)27-24(31)22-14-19-9-7-8-10-20(19)15-29(22)25(32)33-26(4,5)6/h7-13,18,22H,14-15H2,1-6H3,(H,27,31)(H,28,30). The van der Waals surface area contributed by atoms with Crippen molar-refractivity contribution in [2.24, 2.45) is 0 Å². The summed E-state index contributed by atoms with van der Waals surface area (Å²) in [4.78, 5) is 40.3. The maximum Gasteiger partial charge on any atom is 0.411 e. The predicted molar refractivity (Wildman–Crippen MR) is 128 cm³/mol. The topological polar surface area (TPSA) is 87.7 Å². The minimum atomic E-state index is -0.782. The normalized spacial score (nSPS) is 16.4. The molecule has 0 radical (unpaired) electrons. The first-order chi connectivity index (χ1) is 15.4. The molecule has 33 heavy (non-hydrogen) atoms. The minimum absolute atomic E-state index is 0.270. The lowest BCUT2D eigenvalue weighted by Crippen LogP contribution is -2.56. The van der Waals surface area contributed by atoms with Gasteiger partial charge in [0.15, 0.2) is 0 Å². The smallest absolute Gasteiger partial charge is 0.411 e. The second-order valence-electron chi connectivity index (χ2n) is 9.63. The minimum Gasteiger partial charge on any atom is -0.444 e. The van der Waals surface area contributed by atoms with Gasteiger partial charge in [-0.1, -0.05) is 42.0 Å². The molecule has 3 rings (SSSR count). The van der Waals surface area contributed by atoms with Crippen molar-refractivity contribution < 1.29 is 19.1 Å². The number of aryl methyl sites for hydroxylation is 2. The van der Waals surface area contributed by atoms with Crippen molar-refractivity contribution in [1.29, 1.82) is 0 Å². The van der Waals surface area contributed by atoms with Gasteiger partial charge >= 0.3 is 6.09 Å². The van der Waals surface area contributed by atoms with Gasteiger partial charge in [-0.25, -0.2) is 4.79 Å². The molecule has 2 N–H and O–H groups in total. The second-order valence-corrected chi connectivity index (χ2v) is 9.63. The van der Waals surface area contributed by atoms with Crippen molar-refractivity contribution in [3.05, 3.63) is 64.7 Å². The Bertz CT molecular complexity index is 1060. The van der Waals surface area contributed by atoms with Crippen LogP contribution in [-0.2, 0) is 27.3 Å². The van der Waals surface area contributed by atoms with E-state index in [1.54, 1.807) is 27.7 Å². The first-order valence-electron chi connectivity index (χ1n) is 11.2. The van der Waals surface area contributed by atoms with Crippen LogP contribution in [0.2, 0.25) is 0 Å². The highest BCUT2D eigenvalue weighted by Crippen LogP contribution is 2.25. The molecule has 0 spiro atoms. The van der Waals surface area contributed by atoms with E-state index in [2.05, 4.69) is 10.6 Å². The molecule has 1 aliphatic heterocycles. The quantitative estimate of drug-likeness (QED) is 0.732. The number of hydrogen-bond acceptors (Lipinski definition) is 4. The third-order valence-electron chi connectivity index (χ3n) is 5.57. The van der Waals surface area contributed by atoms with Gasteiger partial charge in [0, 0.05) is 12.1 Å². The Balaban J connectivity index is 1.74. The summed E-state index contributed by atoms with van der Waals surface area (Å²) >= 11 is 0. The highest BCUT2D eigenvalue weighted by Gasteiger charge is 2.37. The number of ether oxygens (including phenoxy) is 1. The summed E-state index contributed by atoms with van der Waals surface area (Å²) < 4.78 is 5.55. The Kier molecular flexibility index (Phi) is 7.10. The van der Waals surface area contributed by atoms with Crippen LogP contribution in [0.4, 0.5) is 10.5 Å². The maximum absolute atomic E-state index is 13.2. The van der Waals surface area contributed by atoms with E-state index in [4.69, 9.17) is 4.74 Å². The molecule has 2 unspecified atom stereocenters. The number of anilines is 1. The molecule has 0 fully saturated rings. The van der Waals surface area contributed by atoms with Crippen LogP contribution in [0.1, 0.15) is 49.9 Å². The average Bonchev–Trinajstić information content (AvgIpc) is 2.73. The van der Waals surface area contributed by atoms with E-state index in [9.17, 15) is 14.4 Å². The first-order valence-corrected chi connectivity index (χ1v) is 11.2. The van der Waals surface area contributed by atoms with Gasteiger partial charge in [0.05, 0.1) is 6.54 Å². The van der Waals surface area contributed by atoms with Crippen LogP contribution in [0.25, 0.3) is 0 Å². The lowest BCUT2D eigenvalue weighted by atomic mass is 9.93. The summed E-state index contributed by atoms with van der Waals surface area (Å²) in [6.45, 7) is 11.2. The second kappa shape index (κ2) is 9.65. The number of benzene rings is 2. The predicted octanol–water partition coefficient (Wildman–Crippen LogP) is 4.11. The largest absolute Gasteiger partial charge is 0.444 e. The summed E-state index contributed by atoms with van der Waals surface area (Å²) in [6.07, 6.45) is -0.198. The molecular weight excluding hydrogens is 418 g/mol. The Morgan fingerprint density at radius 1 is 1.06 bits per heavy atom. The van der Waals surface area contributed by atoms with Gasteiger partial charge in [-0.2, -0.15) is 0 Å². The molecule has 176 valence electrons. The van der Waals surface area contributed by atoms with Crippen molar-refractivity contribution in [1.82, 2.24) is 10.2 Å². The number of fused-ring (bicyclic) bond motifs is 1. The van der Waals surface area contributed by atoms with Gasteiger partial charge in [-0.15, -0.1) is 0 Å². The van der Waals surface area contributed by atoms with Gasteiger partial charge in [0.1, 0.15) is 17.7 Å². The van der Waals surface area contributed by atoms with E-state index in [1.807, 2.05) is 56.3 Å². The van der Waals surface area contributed by atoms with E-state index in [-0.39, 0.29) is 12.5 Å². The average molecular weight is 452 g/mol. The number of carbonyl (C=O) groups is 3. The third-order valence-corrected chi connectivity index (χ3v) is 5.57. The Hall–Kier alpha value is -3.35. The molecule has 7 nitrogen and oxygen atoms in total. The van der Waals surface area contributed by atoms with Gasteiger partial charge in [-0.3, -0.25) is 14.5 Å². The Morgan fingerprint density at radius 3 is 2.36 bits per heavy atom. The number of carbonyl (C=O) groups excluding carboxylic acids is 3. The molecule has 0 saturated carbocycles. The summed E-state index contributed by atoms with van der Waals surface area (Å²) in [7, 11) is 0. The van der Waals surface area contributed by atoms with Crippen LogP contribution in [0.3, 0.4) is 0 Å². The van der Waals surface area contributed by atoms with E-state index in [0.717, 1.165) is 22.3 Å². The Morgan fingerprint density at radius 2 is 1.73 bits per heavy atom. The first kappa shape index (κ1) is 24.3. The molecule has 0 aromatic heterocycles. The summed E-state index contributed by atoms with van der Waals surface area (Å²) in [5.74, 6) is -0.714. The van der Waals surface area contributed by atoms with Crippen LogP contribution in [0.5, 0.6) is 0 Å². The SMILES string of the molecule is Cc1ccc(NC(=O)C(C)NC(=O)C2Cc3ccccc3CN2C(=O)OC(C)(C)C)c(C)c1. The fraction of sp³-hybridized carbons (Fsp3) is 0.423. The van der Waals surface area contributed by atoms with Crippen molar-refractivity contribution in [3.63, 3.8) is 0 Å². The zero-order chi connectivity index (χ0) is 24.3. The number of nitrogens with zero attached hydrogens (tertiary/aromatic N) is 1. The molecule has 0 saturated heterocycles. The molecule has 0 bridgehead atoms. The third kappa shape index (κ3) is 6.12. The van der Waals surface area contributed by atoms with Gasteiger partial charge in [-0.05, 0) is 64.3 Å².